The molecule has 0 aliphatic carbocycles. The highest BCUT2D eigenvalue weighted by Gasteiger charge is 2.25. The molecule has 0 radical (unpaired) electrons. The number of hydrogen-bond acceptors (Lipinski definition) is 7. The molecule has 1 aliphatic heterocycles. The van der Waals surface area contributed by atoms with Crippen LogP contribution in [0.4, 0.5) is 5.13 Å². The zero-order valence-corrected chi connectivity index (χ0v) is 20.7. The Balaban J connectivity index is 1.44. The van der Waals surface area contributed by atoms with Crippen molar-refractivity contribution in [1.82, 2.24) is 9.88 Å². The molecule has 0 N–H and O–H groups in total. The van der Waals surface area contributed by atoms with Crippen LogP contribution in [-0.2, 0) is 4.74 Å². The number of amides is 1. The largest absolute Gasteiger partial charge is 0.493 e. The molecule has 9 heteroatoms. The molecule has 4 aromatic rings. The average Bonchev–Trinajstić information content (AvgIpc) is 3.46. The minimum absolute atomic E-state index is 0.201. The third-order valence-electron chi connectivity index (χ3n) is 5.71. The number of thiazole rings is 1. The van der Waals surface area contributed by atoms with Crippen LogP contribution in [0.3, 0.4) is 0 Å². The van der Waals surface area contributed by atoms with Crippen molar-refractivity contribution < 1.29 is 18.7 Å². The molecule has 0 unspecified atom stereocenters. The molecule has 0 atom stereocenters. The molecule has 2 aromatic carbocycles. The maximum atomic E-state index is 13.7. The molecule has 2 aromatic heterocycles. The van der Waals surface area contributed by atoms with Crippen molar-refractivity contribution in [2.45, 2.75) is 6.42 Å². The molecule has 1 aliphatic rings. The summed E-state index contributed by atoms with van der Waals surface area (Å²) >= 11 is 5.03. The number of carbonyl (C=O) groups is 1. The Morgan fingerprint density at radius 1 is 1.24 bits per heavy atom. The van der Waals surface area contributed by atoms with E-state index >= 15 is 0 Å². The quantitative estimate of drug-likeness (QED) is 0.328. The zero-order chi connectivity index (χ0) is 22.8. The van der Waals surface area contributed by atoms with E-state index in [2.05, 4.69) is 20.8 Å². The predicted octanol–water partition coefficient (Wildman–Crippen LogP) is 5.18. The number of fused-ring (bicyclic) bond motifs is 2. The summed E-state index contributed by atoms with van der Waals surface area (Å²) in [6.07, 6.45) is 0.828. The van der Waals surface area contributed by atoms with E-state index in [1.807, 2.05) is 36.4 Å². The molecule has 1 saturated heterocycles. The zero-order valence-electron chi connectivity index (χ0n) is 18.3. The number of carbonyl (C=O) groups excluding carboxylic acids is 1. The molecular formula is C24H24BrN3O4S. The smallest absolute Gasteiger partial charge is 0.295 e. The van der Waals surface area contributed by atoms with E-state index in [1.165, 1.54) is 11.3 Å². The van der Waals surface area contributed by atoms with Gasteiger partial charge < -0.3 is 13.9 Å². The number of ether oxygens (including phenoxy) is 2. The SMILES string of the molecule is COc1cccc2cc(C(=O)N(CCCN3CCOCC3)c3nc4ccc(Br)cc4s3)oc12. The monoisotopic (exact) mass is 529 g/mol. The lowest BCUT2D eigenvalue weighted by molar-refractivity contribution is 0.0376. The lowest BCUT2D eigenvalue weighted by Gasteiger charge is -2.27. The first-order valence-electron chi connectivity index (χ1n) is 10.9. The van der Waals surface area contributed by atoms with Gasteiger partial charge in [0.2, 0.25) is 0 Å². The first kappa shape index (κ1) is 22.3. The molecule has 33 heavy (non-hydrogen) atoms. The van der Waals surface area contributed by atoms with Gasteiger partial charge in [0.05, 0.1) is 30.5 Å². The third kappa shape index (κ3) is 4.77. The number of benzene rings is 2. The van der Waals surface area contributed by atoms with Crippen molar-refractivity contribution >= 4 is 59.5 Å². The van der Waals surface area contributed by atoms with E-state index in [0.29, 0.717) is 23.0 Å². The third-order valence-corrected chi connectivity index (χ3v) is 7.25. The topological polar surface area (TPSA) is 68.0 Å². The molecule has 3 heterocycles. The molecule has 1 amide bonds. The first-order valence-corrected chi connectivity index (χ1v) is 12.5. The second-order valence-corrected chi connectivity index (χ2v) is 9.79. The summed E-state index contributed by atoms with van der Waals surface area (Å²) in [5, 5.41) is 1.50. The minimum Gasteiger partial charge on any atom is -0.493 e. The maximum Gasteiger partial charge on any atom is 0.295 e. The summed E-state index contributed by atoms with van der Waals surface area (Å²) in [5.41, 5.74) is 1.44. The summed E-state index contributed by atoms with van der Waals surface area (Å²) in [6.45, 7) is 4.81. The maximum absolute atomic E-state index is 13.7. The molecule has 5 rings (SSSR count). The molecule has 172 valence electrons. The van der Waals surface area contributed by atoms with Gasteiger partial charge in [-0.25, -0.2) is 4.98 Å². The number of halogens is 1. The number of rotatable bonds is 7. The Labute approximate surface area is 204 Å². The highest BCUT2D eigenvalue weighted by Crippen LogP contribution is 2.33. The second kappa shape index (κ2) is 9.80. The van der Waals surface area contributed by atoms with Crippen LogP contribution in [0, 0.1) is 0 Å². The van der Waals surface area contributed by atoms with Crippen LogP contribution in [0.2, 0.25) is 0 Å². The summed E-state index contributed by atoms with van der Waals surface area (Å²) in [7, 11) is 1.59. The predicted molar refractivity (Wildman–Crippen MR) is 134 cm³/mol. The van der Waals surface area contributed by atoms with Crippen molar-refractivity contribution in [3.8, 4) is 5.75 Å². The molecule has 1 fully saturated rings. The molecule has 0 bridgehead atoms. The first-order chi connectivity index (χ1) is 16.1. The Kier molecular flexibility index (Phi) is 6.64. The van der Waals surface area contributed by atoms with Crippen LogP contribution in [-0.4, -0.2) is 62.3 Å². The van der Waals surface area contributed by atoms with Crippen LogP contribution >= 0.6 is 27.3 Å². The summed E-state index contributed by atoms with van der Waals surface area (Å²) < 4.78 is 18.8. The van der Waals surface area contributed by atoms with Crippen molar-refractivity contribution in [3.63, 3.8) is 0 Å². The van der Waals surface area contributed by atoms with Crippen LogP contribution in [0.5, 0.6) is 5.75 Å². The van der Waals surface area contributed by atoms with Gasteiger partial charge in [0.15, 0.2) is 22.2 Å². The lowest BCUT2D eigenvalue weighted by Crippen LogP contribution is -2.39. The van der Waals surface area contributed by atoms with E-state index in [9.17, 15) is 4.79 Å². The Morgan fingerprint density at radius 2 is 2.09 bits per heavy atom. The second-order valence-electron chi connectivity index (χ2n) is 7.86. The highest BCUT2D eigenvalue weighted by molar-refractivity contribution is 9.10. The molecule has 0 spiro atoms. The van der Waals surface area contributed by atoms with E-state index in [1.54, 1.807) is 18.1 Å². The number of morpholine rings is 1. The van der Waals surface area contributed by atoms with Crippen molar-refractivity contribution in [2.75, 3.05) is 51.4 Å². The fourth-order valence-electron chi connectivity index (χ4n) is 4.00. The average molecular weight is 530 g/mol. The minimum atomic E-state index is -0.201. The molecule has 0 saturated carbocycles. The van der Waals surface area contributed by atoms with E-state index in [0.717, 1.165) is 59.3 Å². The summed E-state index contributed by atoms with van der Waals surface area (Å²) in [6, 6.07) is 13.3. The number of para-hydroxylation sites is 1. The van der Waals surface area contributed by atoms with Gasteiger partial charge in [-0.15, -0.1) is 0 Å². The number of methoxy groups -OCH3 is 1. The molecular weight excluding hydrogens is 506 g/mol. The van der Waals surface area contributed by atoms with Gasteiger partial charge in [-0.2, -0.15) is 0 Å². The number of hydrogen-bond donors (Lipinski definition) is 0. The molecule has 7 nitrogen and oxygen atoms in total. The van der Waals surface area contributed by atoms with Crippen LogP contribution < -0.4 is 9.64 Å². The number of anilines is 1. The van der Waals surface area contributed by atoms with Gasteiger partial charge in [0.1, 0.15) is 0 Å². The summed E-state index contributed by atoms with van der Waals surface area (Å²) in [4.78, 5) is 22.5. The van der Waals surface area contributed by atoms with E-state index < -0.39 is 0 Å². The fourth-order valence-corrected chi connectivity index (χ4v) is 5.54. The van der Waals surface area contributed by atoms with E-state index in [-0.39, 0.29) is 11.7 Å². The van der Waals surface area contributed by atoms with Gasteiger partial charge in [0, 0.05) is 36.0 Å². The van der Waals surface area contributed by atoms with E-state index in [4.69, 9.17) is 18.9 Å². The van der Waals surface area contributed by atoms with Gasteiger partial charge in [0.25, 0.3) is 5.91 Å². The fraction of sp³-hybridized carbons (Fsp3) is 0.333. The number of aromatic nitrogens is 1. The number of nitrogens with zero attached hydrogens (tertiary/aromatic N) is 3. The van der Waals surface area contributed by atoms with Gasteiger partial charge in [-0.05, 0) is 36.8 Å². The van der Waals surface area contributed by atoms with Crippen molar-refractivity contribution in [3.05, 3.63) is 52.7 Å². The summed E-state index contributed by atoms with van der Waals surface area (Å²) in [5.74, 6) is 0.685. The van der Waals surface area contributed by atoms with Crippen LogP contribution in [0.25, 0.3) is 21.2 Å². The van der Waals surface area contributed by atoms with Crippen molar-refractivity contribution in [1.29, 1.82) is 0 Å². The number of furan rings is 1. The standard InChI is InChI=1S/C24H24BrN3O4S/c1-30-19-5-2-4-16-14-20(32-22(16)19)23(29)28(9-3-8-27-10-12-31-13-11-27)24-26-18-7-6-17(25)15-21(18)33-24/h2,4-7,14-15H,3,8-13H2,1H3. The Morgan fingerprint density at radius 3 is 2.91 bits per heavy atom. The Hall–Kier alpha value is -2.46. The van der Waals surface area contributed by atoms with Crippen molar-refractivity contribution in [2.24, 2.45) is 0 Å². The van der Waals surface area contributed by atoms with Gasteiger partial charge in [-0.3, -0.25) is 14.6 Å². The van der Waals surface area contributed by atoms with Crippen LogP contribution in [0.1, 0.15) is 17.0 Å². The Bertz CT molecular complexity index is 1280. The van der Waals surface area contributed by atoms with Gasteiger partial charge in [-0.1, -0.05) is 39.4 Å². The van der Waals surface area contributed by atoms with Gasteiger partial charge >= 0.3 is 0 Å². The normalized spacial score (nSPS) is 14.7. The lowest BCUT2D eigenvalue weighted by atomic mass is 10.2. The van der Waals surface area contributed by atoms with Crippen LogP contribution in [0.15, 0.2) is 51.4 Å². The highest BCUT2D eigenvalue weighted by atomic mass is 79.9.